The summed E-state index contributed by atoms with van der Waals surface area (Å²) in [6, 6.07) is 0. The topological polar surface area (TPSA) is 61.6 Å². The smallest absolute Gasteiger partial charge is 0.235 e. The Morgan fingerprint density at radius 3 is 2.75 bits per heavy atom. The summed E-state index contributed by atoms with van der Waals surface area (Å²) in [5.41, 5.74) is 0. The van der Waals surface area contributed by atoms with Crippen LogP contribution in [0.1, 0.15) is 19.8 Å². The second-order valence-corrected chi connectivity index (χ2v) is 2.49. The van der Waals surface area contributed by atoms with Gasteiger partial charge in [-0.05, 0) is 6.42 Å². The van der Waals surface area contributed by atoms with Gasteiger partial charge in [-0.2, -0.15) is 0 Å². The Balaban J connectivity index is 2.13. The summed E-state index contributed by atoms with van der Waals surface area (Å²) in [5, 5.41) is 9.86. The monoisotopic (exact) mass is 173 g/mol. The summed E-state index contributed by atoms with van der Waals surface area (Å²) in [7, 11) is 0. The number of nitrogens with zero attached hydrogens (tertiary/aromatic N) is 1. The van der Waals surface area contributed by atoms with Gasteiger partial charge in [-0.15, -0.1) is 0 Å². The Bertz CT molecular complexity index is 186. The second-order valence-electron chi connectivity index (χ2n) is 2.49. The quantitative estimate of drug-likeness (QED) is 0.474. The summed E-state index contributed by atoms with van der Waals surface area (Å²) in [4.78, 5) is 9.32. The molecule has 1 fully saturated rings. The lowest BCUT2D eigenvalue weighted by Crippen LogP contribution is -2.39. The van der Waals surface area contributed by atoms with E-state index in [4.69, 9.17) is 9.47 Å². The lowest BCUT2D eigenvalue weighted by Gasteiger charge is -2.33. The van der Waals surface area contributed by atoms with Gasteiger partial charge in [-0.1, -0.05) is 13.3 Å². The van der Waals surface area contributed by atoms with Crippen molar-refractivity contribution in [3.05, 3.63) is 22.4 Å². The fourth-order valence-electron chi connectivity index (χ4n) is 0.912. The first kappa shape index (κ1) is 9.15. The zero-order valence-corrected chi connectivity index (χ0v) is 6.80. The van der Waals surface area contributed by atoms with Crippen molar-refractivity contribution in [3.63, 3.8) is 0 Å². The standard InChI is InChI=1S/C7H11NO4/c1-2-3-6-11-7(12-6)4-5-8(9)10/h4-7H,2-3H2,1H3/b5-4+. The highest BCUT2D eigenvalue weighted by molar-refractivity contribution is 4.81. The molecule has 1 aliphatic heterocycles. The van der Waals surface area contributed by atoms with Crippen LogP contribution in [0.4, 0.5) is 0 Å². The molecule has 1 rings (SSSR count). The molecule has 1 saturated heterocycles. The van der Waals surface area contributed by atoms with E-state index < -0.39 is 11.2 Å². The fourth-order valence-corrected chi connectivity index (χ4v) is 0.912. The first-order chi connectivity index (χ1) is 5.72. The SMILES string of the molecule is CCCC1OC(/C=C/[N+](=O)[O-])O1. The third-order valence-corrected chi connectivity index (χ3v) is 1.46. The van der Waals surface area contributed by atoms with Crippen LogP contribution in [0.2, 0.25) is 0 Å². The fraction of sp³-hybridized carbons (Fsp3) is 0.714. The van der Waals surface area contributed by atoms with E-state index in [0.717, 1.165) is 19.0 Å². The Morgan fingerprint density at radius 1 is 1.58 bits per heavy atom. The van der Waals surface area contributed by atoms with E-state index in [2.05, 4.69) is 0 Å². The Morgan fingerprint density at radius 2 is 2.25 bits per heavy atom. The summed E-state index contributed by atoms with van der Waals surface area (Å²) < 4.78 is 10.2. The van der Waals surface area contributed by atoms with Gasteiger partial charge >= 0.3 is 0 Å². The van der Waals surface area contributed by atoms with Crippen molar-refractivity contribution < 1.29 is 14.4 Å². The molecule has 1 heterocycles. The molecule has 5 heteroatoms. The molecule has 0 aromatic carbocycles. The van der Waals surface area contributed by atoms with Crippen molar-refractivity contribution >= 4 is 0 Å². The average Bonchev–Trinajstić information content (AvgIpc) is 1.93. The van der Waals surface area contributed by atoms with Crippen molar-refractivity contribution in [1.82, 2.24) is 0 Å². The second kappa shape index (κ2) is 4.18. The number of hydrogen-bond acceptors (Lipinski definition) is 4. The third kappa shape index (κ3) is 2.60. The predicted octanol–water partition coefficient (Wildman–Crippen LogP) is 1.28. The van der Waals surface area contributed by atoms with Gasteiger partial charge in [0.1, 0.15) is 0 Å². The summed E-state index contributed by atoms with van der Waals surface area (Å²) >= 11 is 0. The molecular formula is C7H11NO4. The molecule has 0 unspecified atom stereocenters. The van der Waals surface area contributed by atoms with E-state index in [-0.39, 0.29) is 6.29 Å². The zero-order valence-electron chi connectivity index (χ0n) is 6.80. The molecule has 5 nitrogen and oxygen atoms in total. The van der Waals surface area contributed by atoms with E-state index >= 15 is 0 Å². The molecule has 0 saturated carbocycles. The van der Waals surface area contributed by atoms with Crippen LogP contribution in [0.5, 0.6) is 0 Å². The molecule has 0 aliphatic carbocycles. The van der Waals surface area contributed by atoms with E-state index in [9.17, 15) is 10.1 Å². The molecule has 0 bridgehead atoms. The lowest BCUT2D eigenvalue weighted by atomic mass is 10.3. The maximum absolute atomic E-state index is 9.86. The molecule has 1 aliphatic rings. The van der Waals surface area contributed by atoms with Gasteiger partial charge in [0.2, 0.25) is 6.20 Å². The molecule has 0 radical (unpaired) electrons. The number of rotatable bonds is 4. The van der Waals surface area contributed by atoms with Gasteiger partial charge in [-0.3, -0.25) is 10.1 Å². The largest absolute Gasteiger partial charge is 0.320 e. The summed E-state index contributed by atoms with van der Waals surface area (Å²) in [6.45, 7) is 2.02. The Kier molecular flexibility index (Phi) is 3.19. The van der Waals surface area contributed by atoms with Crippen molar-refractivity contribution in [3.8, 4) is 0 Å². The lowest BCUT2D eigenvalue weighted by molar-refractivity contribution is -0.408. The zero-order chi connectivity index (χ0) is 8.97. The van der Waals surface area contributed by atoms with Gasteiger partial charge in [0.25, 0.3) is 0 Å². The highest BCUT2D eigenvalue weighted by Crippen LogP contribution is 2.21. The van der Waals surface area contributed by atoms with E-state index in [1.807, 2.05) is 6.92 Å². The Hall–Kier alpha value is -0.940. The first-order valence-corrected chi connectivity index (χ1v) is 3.85. The normalized spacial score (nSPS) is 28.8. The van der Waals surface area contributed by atoms with Crippen molar-refractivity contribution in [2.24, 2.45) is 0 Å². The highest BCUT2D eigenvalue weighted by Gasteiger charge is 2.28. The number of hydrogen-bond donors (Lipinski definition) is 0. The van der Waals surface area contributed by atoms with Gasteiger partial charge in [0.15, 0.2) is 12.6 Å². The molecule has 68 valence electrons. The minimum Gasteiger partial charge on any atom is -0.320 e. The molecule has 0 atom stereocenters. The van der Waals surface area contributed by atoms with Crippen molar-refractivity contribution in [1.29, 1.82) is 0 Å². The minimum absolute atomic E-state index is 0.170. The number of ether oxygens (including phenoxy) is 2. The van der Waals surface area contributed by atoms with Gasteiger partial charge < -0.3 is 9.47 Å². The maximum atomic E-state index is 9.86. The molecular weight excluding hydrogens is 162 g/mol. The van der Waals surface area contributed by atoms with Crippen LogP contribution >= 0.6 is 0 Å². The molecule has 12 heavy (non-hydrogen) atoms. The molecule has 0 spiro atoms. The molecule has 0 N–H and O–H groups in total. The summed E-state index contributed by atoms with van der Waals surface area (Å²) in [6.07, 6.45) is 3.24. The van der Waals surface area contributed by atoms with E-state index in [1.165, 1.54) is 6.08 Å². The maximum Gasteiger partial charge on any atom is 0.235 e. The van der Waals surface area contributed by atoms with Crippen LogP contribution in [-0.4, -0.2) is 17.5 Å². The van der Waals surface area contributed by atoms with Crippen LogP contribution in [0.15, 0.2) is 12.3 Å². The van der Waals surface area contributed by atoms with E-state index in [0.29, 0.717) is 0 Å². The summed E-state index contributed by atoms with van der Waals surface area (Å²) in [5.74, 6) is 0. The van der Waals surface area contributed by atoms with Gasteiger partial charge in [0.05, 0.1) is 4.92 Å². The van der Waals surface area contributed by atoms with E-state index in [1.54, 1.807) is 0 Å². The van der Waals surface area contributed by atoms with Crippen molar-refractivity contribution in [2.45, 2.75) is 32.3 Å². The van der Waals surface area contributed by atoms with Crippen LogP contribution in [0.25, 0.3) is 0 Å². The van der Waals surface area contributed by atoms with Crippen LogP contribution in [0.3, 0.4) is 0 Å². The third-order valence-electron chi connectivity index (χ3n) is 1.46. The first-order valence-electron chi connectivity index (χ1n) is 3.85. The van der Waals surface area contributed by atoms with Crippen molar-refractivity contribution in [2.75, 3.05) is 0 Å². The highest BCUT2D eigenvalue weighted by atomic mass is 16.9. The molecule has 0 aromatic rings. The minimum atomic E-state index is -0.542. The molecule has 0 aromatic heterocycles. The number of nitro groups is 1. The van der Waals surface area contributed by atoms with Crippen LogP contribution in [-0.2, 0) is 9.47 Å². The van der Waals surface area contributed by atoms with Gasteiger partial charge in [0, 0.05) is 6.08 Å². The van der Waals surface area contributed by atoms with Gasteiger partial charge in [-0.25, -0.2) is 0 Å². The van der Waals surface area contributed by atoms with Crippen LogP contribution in [0, 0.1) is 10.1 Å². The Labute approximate surface area is 70.1 Å². The predicted molar refractivity (Wildman–Crippen MR) is 40.8 cm³/mol. The molecule has 0 amide bonds. The average molecular weight is 173 g/mol. The van der Waals surface area contributed by atoms with Crippen LogP contribution < -0.4 is 0 Å².